The maximum absolute atomic E-state index is 12.0. The molecule has 0 radical (unpaired) electrons. The van der Waals surface area contributed by atoms with Crippen molar-refractivity contribution in [3.63, 3.8) is 0 Å². The first-order chi connectivity index (χ1) is 10.7. The third-order valence-electron chi connectivity index (χ3n) is 3.48. The molecule has 0 saturated heterocycles. The van der Waals surface area contributed by atoms with E-state index in [0.717, 1.165) is 24.3 Å². The van der Waals surface area contributed by atoms with Crippen molar-refractivity contribution in [2.75, 3.05) is 19.0 Å². The third kappa shape index (κ3) is 3.28. The number of hydrogen-bond donors (Lipinski definition) is 1. The number of carbonyl (C=O) groups excluding carboxylic acids is 1. The summed E-state index contributed by atoms with van der Waals surface area (Å²) in [6.07, 6.45) is 4.25. The Bertz CT molecular complexity index is 722. The van der Waals surface area contributed by atoms with Gasteiger partial charge in [-0.25, -0.2) is 0 Å². The number of benzene rings is 2. The molecule has 3 rings (SSSR count). The number of nitrogens with one attached hydrogen (secondary N) is 1. The molecule has 0 fully saturated rings. The molecule has 0 unspecified atom stereocenters. The average Bonchev–Trinajstić information content (AvgIpc) is 3.00. The summed E-state index contributed by atoms with van der Waals surface area (Å²) < 4.78 is 10.6. The molecule has 22 heavy (non-hydrogen) atoms. The van der Waals surface area contributed by atoms with Crippen LogP contribution in [0.3, 0.4) is 0 Å². The first kappa shape index (κ1) is 14.2. The highest BCUT2D eigenvalue weighted by molar-refractivity contribution is 6.02. The maximum Gasteiger partial charge on any atom is 0.248 e. The van der Waals surface area contributed by atoms with Crippen LogP contribution in [0.5, 0.6) is 11.5 Å². The van der Waals surface area contributed by atoms with Gasteiger partial charge in [0.05, 0.1) is 13.7 Å². The van der Waals surface area contributed by atoms with E-state index < -0.39 is 0 Å². The summed E-state index contributed by atoms with van der Waals surface area (Å²) in [6.45, 7) is 0.735. The zero-order valence-corrected chi connectivity index (χ0v) is 12.3. The highest BCUT2D eigenvalue weighted by atomic mass is 16.5. The summed E-state index contributed by atoms with van der Waals surface area (Å²) in [7, 11) is 1.60. The number of amides is 1. The monoisotopic (exact) mass is 295 g/mol. The van der Waals surface area contributed by atoms with Gasteiger partial charge in [-0.1, -0.05) is 12.1 Å². The minimum atomic E-state index is -0.176. The van der Waals surface area contributed by atoms with Crippen LogP contribution < -0.4 is 14.8 Å². The zero-order valence-electron chi connectivity index (χ0n) is 12.3. The van der Waals surface area contributed by atoms with E-state index in [2.05, 4.69) is 11.4 Å². The Hall–Kier alpha value is -2.75. The van der Waals surface area contributed by atoms with Crippen molar-refractivity contribution in [1.29, 1.82) is 0 Å². The van der Waals surface area contributed by atoms with Gasteiger partial charge in [-0.2, -0.15) is 0 Å². The van der Waals surface area contributed by atoms with Crippen molar-refractivity contribution in [3.05, 3.63) is 59.7 Å². The Kier molecular flexibility index (Phi) is 4.10. The molecule has 0 spiro atoms. The Morgan fingerprint density at radius 3 is 3.05 bits per heavy atom. The molecule has 2 aromatic rings. The van der Waals surface area contributed by atoms with E-state index in [1.54, 1.807) is 19.3 Å². The van der Waals surface area contributed by atoms with Gasteiger partial charge in [-0.05, 0) is 41.5 Å². The second-order valence-electron chi connectivity index (χ2n) is 5.02. The van der Waals surface area contributed by atoms with Crippen molar-refractivity contribution >= 4 is 17.7 Å². The lowest BCUT2D eigenvalue weighted by Crippen LogP contribution is -2.07. The molecule has 1 N–H and O–H groups in total. The summed E-state index contributed by atoms with van der Waals surface area (Å²) in [6, 6.07) is 13.2. The van der Waals surface area contributed by atoms with Crippen LogP contribution in [0, 0.1) is 0 Å². The SMILES string of the molecule is COc1cccc(NC(=O)/C=C/c2ccc3c(c2)CCO3)c1. The highest BCUT2D eigenvalue weighted by Crippen LogP contribution is 2.26. The maximum atomic E-state index is 12.0. The summed E-state index contributed by atoms with van der Waals surface area (Å²) in [4.78, 5) is 12.0. The molecule has 2 aromatic carbocycles. The second-order valence-corrected chi connectivity index (χ2v) is 5.02. The van der Waals surface area contributed by atoms with E-state index in [1.165, 1.54) is 11.6 Å². The Labute approximate surface area is 129 Å². The van der Waals surface area contributed by atoms with Crippen LogP contribution in [0.1, 0.15) is 11.1 Å². The zero-order chi connectivity index (χ0) is 15.4. The van der Waals surface area contributed by atoms with Crippen LogP contribution in [-0.4, -0.2) is 19.6 Å². The number of ether oxygens (including phenoxy) is 2. The summed E-state index contributed by atoms with van der Waals surface area (Å²) in [5.74, 6) is 1.48. The van der Waals surface area contributed by atoms with Crippen LogP contribution in [0.25, 0.3) is 6.08 Å². The lowest BCUT2D eigenvalue weighted by molar-refractivity contribution is -0.111. The molecule has 0 saturated carbocycles. The van der Waals surface area contributed by atoms with Crippen molar-refractivity contribution in [1.82, 2.24) is 0 Å². The van der Waals surface area contributed by atoms with Crippen LogP contribution in [0.4, 0.5) is 5.69 Å². The van der Waals surface area contributed by atoms with Gasteiger partial charge < -0.3 is 14.8 Å². The van der Waals surface area contributed by atoms with Crippen molar-refractivity contribution in [3.8, 4) is 11.5 Å². The quantitative estimate of drug-likeness (QED) is 0.881. The second kappa shape index (κ2) is 6.35. The van der Waals surface area contributed by atoms with Crippen molar-refractivity contribution < 1.29 is 14.3 Å². The topological polar surface area (TPSA) is 47.6 Å². The number of methoxy groups -OCH3 is 1. The van der Waals surface area contributed by atoms with E-state index >= 15 is 0 Å². The molecule has 4 heteroatoms. The molecule has 0 aliphatic carbocycles. The lowest BCUT2D eigenvalue weighted by atomic mass is 10.1. The number of rotatable bonds is 4. The lowest BCUT2D eigenvalue weighted by Gasteiger charge is -2.04. The van der Waals surface area contributed by atoms with Gasteiger partial charge in [0, 0.05) is 24.3 Å². The van der Waals surface area contributed by atoms with Gasteiger partial charge in [0.2, 0.25) is 5.91 Å². The highest BCUT2D eigenvalue weighted by Gasteiger charge is 2.11. The average molecular weight is 295 g/mol. The van der Waals surface area contributed by atoms with E-state index in [9.17, 15) is 4.79 Å². The first-order valence-corrected chi connectivity index (χ1v) is 7.13. The van der Waals surface area contributed by atoms with Gasteiger partial charge in [0.1, 0.15) is 11.5 Å². The number of carbonyl (C=O) groups is 1. The molecular weight excluding hydrogens is 278 g/mol. The Balaban J connectivity index is 1.66. The molecule has 1 aliphatic heterocycles. The predicted molar refractivity (Wildman–Crippen MR) is 86.3 cm³/mol. The van der Waals surface area contributed by atoms with E-state index in [4.69, 9.17) is 9.47 Å². The van der Waals surface area contributed by atoms with Crippen LogP contribution in [-0.2, 0) is 11.2 Å². The van der Waals surface area contributed by atoms with Gasteiger partial charge in [-0.15, -0.1) is 0 Å². The predicted octanol–water partition coefficient (Wildman–Crippen LogP) is 3.28. The summed E-state index contributed by atoms with van der Waals surface area (Å²) in [5.41, 5.74) is 2.89. The van der Waals surface area contributed by atoms with E-state index in [-0.39, 0.29) is 5.91 Å². The Morgan fingerprint density at radius 2 is 2.18 bits per heavy atom. The first-order valence-electron chi connectivity index (χ1n) is 7.13. The largest absolute Gasteiger partial charge is 0.497 e. The molecular formula is C18H17NO3. The number of anilines is 1. The molecule has 4 nitrogen and oxygen atoms in total. The smallest absolute Gasteiger partial charge is 0.248 e. The summed E-state index contributed by atoms with van der Waals surface area (Å²) in [5, 5.41) is 2.81. The van der Waals surface area contributed by atoms with Crippen LogP contribution in [0.2, 0.25) is 0 Å². The fourth-order valence-corrected chi connectivity index (χ4v) is 2.37. The molecule has 0 bridgehead atoms. The third-order valence-corrected chi connectivity index (χ3v) is 3.48. The normalized spacial score (nSPS) is 12.8. The number of fused-ring (bicyclic) bond motifs is 1. The molecule has 0 atom stereocenters. The molecule has 1 heterocycles. The van der Waals surface area contributed by atoms with Gasteiger partial charge in [0.25, 0.3) is 0 Å². The van der Waals surface area contributed by atoms with Gasteiger partial charge in [-0.3, -0.25) is 4.79 Å². The van der Waals surface area contributed by atoms with Crippen LogP contribution in [0.15, 0.2) is 48.5 Å². The molecule has 1 amide bonds. The van der Waals surface area contributed by atoms with Gasteiger partial charge >= 0.3 is 0 Å². The minimum absolute atomic E-state index is 0.176. The summed E-state index contributed by atoms with van der Waals surface area (Å²) >= 11 is 0. The van der Waals surface area contributed by atoms with Gasteiger partial charge in [0.15, 0.2) is 0 Å². The van der Waals surface area contributed by atoms with Crippen molar-refractivity contribution in [2.45, 2.75) is 6.42 Å². The molecule has 0 aromatic heterocycles. The van der Waals surface area contributed by atoms with E-state index in [0.29, 0.717) is 11.4 Å². The Morgan fingerprint density at radius 1 is 1.27 bits per heavy atom. The van der Waals surface area contributed by atoms with Crippen molar-refractivity contribution in [2.24, 2.45) is 0 Å². The molecule has 1 aliphatic rings. The van der Waals surface area contributed by atoms with E-state index in [1.807, 2.05) is 30.3 Å². The fraction of sp³-hybridized carbons (Fsp3) is 0.167. The standard InChI is InChI=1S/C18H17NO3/c1-21-16-4-2-3-15(12-16)19-18(20)8-6-13-5-7-17-14(11-13)9-10-22-17/h2-8,11-12H,9-10H2,1H3,(H,19,20)/b8-6+. The molecule has 112 valence electrons. The minimum Gasteiger partial charge on any atom is -0.497 e. The van der Waals surface area contributed by atoms with Crippen LogP contribution >= 0.6 is 0 Å². The number of hydrogen-bond acceptors (Lipinski definition) is 3. The fourth-order valence-electron chi connectivity index (χ4n) is 2.37.